The standard InChI is InChI=1S/C20H32N4O3.HI/c1-21-20(23-8-3-10-25-15-18-4-2-11-26-18)24-13-17-7-9-22-19(12-17)27-14-16-5-6-16;/h7,9,12,16,18H,2-6,8,10-11,13-15H2,1H3,(H2,21,23,24);1H. The molecule has 0 amide bonds. The molecule has 1 saturated heterocycles. The molecule has 1 saturated carbocycles. The number of nitrogens with one attached hydrogen (secondary N) is 2. The Balaban J connectivity index is 0.00000280. The Kier molecular flexibility index (Phi) is 10.9. The fourth-order valence-corrected chi connectivity index (χ4v) is 2.91. The number of hydrogen-bond acceptors (Lipinski definition) is 5. The fourth-order valence-electron chi connectivity index (χ4n) is 2.91. The Morgan fingerprint density at radius 2 is 2.18 bits per heavy atom. The number of nitrogens with zero attached hydrogens (tertiary/aromatic N) is 2. The summed E-state index contributed by atoms with van der Waals surface area (Å²) in [6.07, 6.45) is 7.86. The second-order valence-electron chi connectivity index (χ2n) is 7.17. The first-order chi connectivity index (χ1) is 13.3. The van der Waals surface area contributed by atoms with Crippen LogP contribution < -0.4 is 15.4 Å². The molecule has 1 aliphatic carbocycles. The molecular formula is C20H33IN4O3. The van der Waals surface area contributed by atoms with Crippen LogP contribution in [0.15, 0.2) is 23.3 Å². The summed E-state index contributed by atoms with van der Waals surface area (Å²) in [5.74, 6) is 2.21. The van der Waals surface area contributed by atoms with E-state index in [9.17, 15) is 0 Å². The van der Waals surface area contributed by atoms with Gasteiger partial charge in [0, 0.05) is 45.6 Å². The maximum atomic E-state index is 5.74. The van der Waals surface area contributed by atoms with Crippen molar-refractivity contribution in [1.82, 2.24) is 15.6 Å². The van der Waals surface area contributed by atoms with Gasteiger partial charge in [0.2, 0.25) is 5.88 Å². The highest BCUT2D eigenvalue weighted by atomic mass is 127. The molecule has 0 spiro atoms. The fraction of sp³-hybridized carbons (Fsp3) is 0.700. The normalized spacial score (nSPS) is 19.2. The van der Waals surface area contributed by atoms with Gasteiger partial charge in [0.1, 0.15) is 0 Å². The number of rotatable bonds is 11. The average Bonchev–Trinajstić information content (AvgIpc) is 3.39. The van der Waals surface area contributed by atoms with Crippen molar-refractivity contribution in [3.63, 3.8) is 0 Å². The van der Waals surface area contributed by atoms with Crippen LogP contribution in [0, 0.1) is 5.92 Å². The van der Waals surface area contributed by atoms with Gasteiger partial charge >= 0.3 is 0 Å². The lowest BCUT2D eigenvalue weighted by molar-refractivity contribution is 0.0168. The van der Waals surface area contributed by atoms with Crippen LogP contribution in [0.5, 0.6) is 5.88 Å². The number of ether oxygens (including phenoxy) is 3. The average molecular weight is 504 g/mol. The summed E-state index contributed by atoms with van der Waals surface area (Å²) in [5, 5.41) is 6.63. The predicted molar refractivity (Wildman–Crippen MR) is 120 cm³/mol. The van der Waals surface area contributed by atoms with Crippen molar-refractivity contribution in [3.8, 4) is 5.88 Å². The number of halogens is 1. The van der Waals surface area contributed by atoms with Crippen LogP contribution in [0.3, 0.4) is 0 Å². The van der Waals surface area contributed by atoms with Gasteiger partial charge in [-0.2, -0.15) is 0 Å². The molecule has 3 rings (SSSR count). The molecule has 2 fully saturated rings. The van der Waals surface area contributed by atoms with Crippen molar-refractivity contribution in [1.29, 1.82) is 0 Å². The third kappa shape index (κ3) is 8.91. The van der Waals surface area contributed by atoms with Crippen molar-refractivity contribution in [2.24, 2.45) is 10.9 Å². The topological polar surface area (TPSA) is 77.0 Å². The van der Waals surface area contributed by atoms with Crippen molar-refractivity contribution in [3.05, 3.63) is 23.9 Å². The molecule has 1 aromatic rings. The minimum atomic E-state index is 0. The van der Waals surface area contributed by atoms with E-state index in [0.717, 1.165) is 63.1 Å². The van der Waals surface area contributed by atoms with Crippen LogP contribution in [0.2, 0.25) is 0 Å². The van der Waals surface area contributed by atoms with Crippen LogP contribution in [0.4, 0.5) is 0 Å². The van der Waals surface area contributed by atoms with Gasteiger partial charge in [-0.3, -0.25) is 4.99 Å². The molecule has 0 radical (unpaired) electrons. The first-order valence-corrected chi connectivity index (χ1v) is 10.0. The predicted octanol–water partition coefficient (Wildman–Crippen LogP) is 2.74. The summed E-state index contributed by atoms with van der Waals surface area (Å²) in [5.41, 5.74) is 1.12. The summed E-state index contributed by atoms with van der Waals surface area (Å²) >= 11 is 0. The molecule has 1 atom stereocenters. The monoisotopic (exact) mass is 504 g/mol. The summed E-state index contributed by atoms with van der Waals surface area (Å²) < 4.78 is 17.0. The Hall–Kier alpha value is -1.13. The molecule has 1 unspecified atom stereocenters. The van der Waals surface area contributed by atoms with E-state index >= 15 is 0 Å². The number of aliphatic imine (C=N–C) groups is 1. The van der Waals surface area contributed by atoms with Gasteiger partial charge in [0.05, 0.1) is 19.3 Å². The van der Waals surface area contributed by atoms with E-state index in [0.29, 0.717) is 25.1 Å². The van der Waals surface area contributed by atoms with Gasteiger partial charge in [-0.05, 0) is 49.7 Å². The number of aromatic nitrogens is 1. The summed E-state index contributed by atoms with van der Waals surface area (Å²) in [6, 6.07) is 3.98. The van der Waals surface area contributed by atoms with Crippen LogP contribution in [-0.2, 0) is 16.0 Å². The van der Waals surface area contributed by atoms with Crippen molar-refractivity contribution >= 4 is 29.9 Å². The van der Waals surface area contributed by atoms with Gasteiger partial charge in [-0.15, -0.1) is 24.0 Å². The van der Waals surface area contributed by atoms with Crippen molar-refractivity contribution < 1.29 is 14.2 Å². The molecule has 2 N–H and O–H groups in total. The third-order valence-electron chi connectivity index (χ3n) is 4.73. The molecule has 0 bridgehead atoms. The molecule has 28 heavy (non-hydrogen) atoms. The number of guanidine groups is 1. The zero-order valence-corrected chi connectivity index (χ0v) is 19.0. The highest BCUT2D eigenvalue weighted by Crippen LogP contribution is 2.29. The maximum Gasteiger partial charge on any atom is 0.213 e. The Labute approximate surface area is 185 Å². The first kappa shape index (κ1) is 23.2. The van der Waals surface area contributed by atoms with Gasteiger partial charge in [-0.25, -0.2) is 4.98 Å². The molecule has 7 nitrogen and oxygen atoms in total. The first-order valence-electron chi connectivity index (χ1n) is 10.0. The van der Waals surface area contributed by atoms with Crippen LogP contribution in [0.1, 0.15) is 37.7 Å². The molecule has 8 heteroatoms. The van der Waals surface area contributed by atoms with Crippen molar-refractivity contribution in [2.45, 2.75) is 44.8 Å². The lowest BCUT2D eigenvalue weighted by Gasteiger charge is -2.13. The van der Waals surface area contributed by atoms with E-state index in [1.165, 1.54) is 12.8 Å². The Bertz CT molecular complexity index is 593. The van der Waals surface area contributed by atoms with Crippen LogP contribution in [-0.4, -0.2) is 57.1 Å². The molecule has 158 valence electrons. The highest BCUT2D eigenvalue weighted by Gasteiger charge is 2.22. The number of hydrogen-bond donors (Lipinski definition) is 2. The van der Waals surface area contributed by atoms with E-state index < -0.39 is 0 Å². The summed E-state index contributed by atoms with van der Waals surface area (Å²) in [4.78, 5) is 8.54. The quantitative estimate of drug-likeness (QED) is 0.209. The third-order valence-corrected chi connectivity index (χ3v) is 4.73. The summed E-state index contributed by atoms with van der Waals surface area (Å²) in [7, 11) is 1.78. The molecule has 1 aliphatic heterocycles. The Morgan fingerprint density at radius 1 is 1.29 bits per heavy atom. The minimum absolute atomic E-state index is 0. The maximum absolute atomic E-state index is 5.74. The van der Waals surface area contributed by atoms with Gasteiger partial charge < -0.3 is 24.8 Å². The lowest BCUT2D eigenvalue weighted by Crippen LogP contribution is -2.37. The van der Waals surface area contributed by atoms with E-state index in [1.807, 2.05) is 12.1 Å². The second-order valence-corrected chi connectivity index (χ2v) is 7.17. The molecule has 2 heterocycles. The molecule has 0 aromatic carbocycles. The van der Waals surface area contributed by atoms with Gasteiger partial charge in [0.15, 0.2) is 5.96 Å². The van der Waals surface area contributed by atoms with Crippen LogP contribution in [0.25, 0.3) is 0 Å². The number of pyridine rings is 1. The highest BCUT2D eigenvalue weighted by molar-refractivity contribution is 14.0. The van der Waals surface area contributed by atoms with E-state index in [-0.39, 0.29) is 24.0 Å². The van der Waals surface area contributed by atoms with Crippen molar-refractivity contribution in [2.75, 3.05) is 40.0 Å². The molecule has 2 aliphatic rings. The summed E-state index contributed by atoms with van der Waals surface area (Å²) in [6.45, 7) is 4.59. The van der Waals surface area contributed by atoms with E-state index in [2.05, 4.69) is 20.6 Å². The van der Waals surface area contributed by atoms with Crippen LogP contribution >= 0.6 is 24.0 Å². The second kappa shape index (κ2) is 13.2. The smallest absolute Gasteiger partial charge is 0.213 e. The molecule has 1 aromatic heterocycles. The molecular weight excluding hydrogens is 471 g/mol. The van der Waals surface area contributed by atoms with E-state index in [4.69, 9.17) is 14.2 Å². The zero-order chi connectivity index (χ0) is 18.7. The SMILES string of the molecule is CN=C(NCCCOCC1CCCO1)NCc1ccnc(OCC2CC2)c1.I. The Morgan fingerprint density at radius 3 is 2.93 bits per heavy atom. The van der Waals surface area contributed by atoms with Gasteiger partial charge in [0.25, 0.3) is 0 Å². The van der Waals surface area contributed by atoms with Gasteiger partial charge in [-0.1, -0.05) is 0 Å². The largest absolute Gasteiger partial charge is 0.477 e. The lowest BCUT2D eigenvalue weighted by atomic mass is 10.2. The minimum Gasteiger partial charge on any atom is -0.477 e. The van der Waals surface area contributed by atoms with E-state index in [1.54, 1.807) is 13.2 Å². The zero-order valence-electron chi connectivity index (χ0n) is 16.7.